The molecule has 3 aromatic rings. The van der Waals surface area contributed by atoms with Crippen LogP contribution in [0.5, 0.6) is 0 Å². The molecule has 1 aromatic carbocycles. The Morgan fingerprint density at radius 1 is 1.25 bits per heavy atom. The number of para-hydroxylation sites is 1. The highest BCUT2D eigenvalue weighted by atomic mass is 16.3. The Kier molecular flexibility index (Phi) is 1.86. The van der Waals surface area contributed by atoms with Crippen molar-refractivity contribution in [1.82, 2.24) is 10.2 Å². The minimum absolute atomic E-state index is 0.0435. The molecule has 0 unspecified atom stereocenters. The molecule has 0 aliphatic carbocycles. The molecule has 0 saturated heterocycles. The van der Waals surface area contributed by atoms with Gasteiger partial charge in [0.05, 0.1) is 17.1 Å². The minimum Gasteiger partial charge on any atom is -0.456 e. The van der Waals surface area contributed by atoms with Gasteiger partial charge in [0.2, 0.25) is 0 Å². The Balaban J connectivity index is 2.34. The van der Waals surface area contributed by atoms with Crippen molar-refractivity contribution in [3.63, 3.8) is 0 Å². The Morgan fingerprint density at radius 2 is 2.12 bits per heavy atom. The van der Waals surface area contributed by atoms with E-state index in [0.717, 1.165) is 5.56 Å². The molecule has 2 heterocycles. The Bertz CT molecular complexity index is 684. The lowest BCUT2D eigenvalue weighted by atomic mass is 10.2. The van der Waals surface area contributed by atoms with E-state index < -0.39 is 0 Å². The molecule has 3 rings (SSSR count). The third-order valence-corrected chi connectivity index (χ3v) is 2.42. The molecule has 0 aliphatic rings. The molecule has 0 fully saturated rings. The molecule has 78 valence electrons. The number of rotatable bonds is 1. The van der Waals surface area contributed by atoms with Crippen molar-refractivity contribution in [1.29, 1.82) is 0 Å². The number of aromatic amines is 1. The van der Waals surface area contributed by atoms with Crippen LogP contribution in [0.15, 0.2) is 51.9 Å². The summed E-state index contributed by atoms with van der Waals surface area (Å²) in [4.78, 5) is 11.8. The second-order valence-electron chi connectivity index (χ2n) is 3.46. The predicted molar refractivity (Wildman–Crippen MR) is 60.1 cm³/mol. The summed E-state index contributed by atoms with van der Waals surface area (Å²) in [6.45, 7) is 0. The van der Waals surface area contributed by atoms with Gasteiger partial charge >= 0.3 is 0 Å². The normalized spacial score (nSPS) is 10.8. The molecular formula is C12H8N2O2. The van der Waals surface area contributed by atoms with E-state index in [9.17, 15) is 4.79 Å². The average molecular weight is 212 g/mol. The summed E-state index contributed by atoms with van der Waals surface area (Å²) < 4.78 is 5.63. The maximum absolute atomic E-state index is 11.8. The quantitative estimate of drug-likeness (QED) is 0.672. The summed E-state index contributed by atoms with van der Waals surface area (Å²) in [5.74, 6) is 0.525. The van der Waals surface area contributed by atoms with E-state index in [1.807, 2.05) is 12.1 Å². The number of hydrogen-bond donors (Lipinski definition) is 1. The van der Waals surface area contributed by atoms with Gasteiger partial charge < -0.3 is 4.42 Å². The molecule has 1 N–H and O–H groups in total. The first kappa shape index (κ1) is 8.91. The first-order valence-corrected chi connectivity index (χ1v) is 4.86. The van der Waals surface area contributed by atoms with Gasteiger partial charge in [-0.15, -0.1) is 0 Å². The Hall–Kier alpha value is -2.36. The van der Waals surface area contributed by atoms with Crippen LogP contribution in [0.25, 0.3) is 22.3 Å². The highest BCUT2D eigenvalue weighted by molar-refractivity contribution is 5.78. The highest BCUT2D eigenvalue weighted by Gasteiger charge is 2.06. The largest absolute Gasteiger partial charge is 0.456 e. The van der Waals surface area contributed by atoms with Crippen molar-refractivity contribution in [2.75, 3.05) is 0 Å². The molecule has 0 aliphatic heterocycles. The van der Waals surface area contributed by atoms with Crippen LogP contribution in [0, 0.1) is 0 Å². The number of hydrogen-bond acceptors (Lipinski definition) is 3. The third-order valence-electron chi connectivity index (χ3n) is 2.42. The minimum atomic E-state index is -0.0435. The van der Waals surface area contributed by atoms with Gasteiger partial charge in [0.25, 0.3) is 0 Å². The smallest absolute Gasteiger partial charge is 0.193 e. The van der Waals surface area contributed by atoms with Crippen molar-refractivity contribution in [3.05, 3.63) is 52.9 Å². The Morgan fingerprint density at radius 3 is 2.94 bits per heavy atom. The third kappa shape index (κ3) is 1.32. The molecule has 4 heteroatoms. The summed E-state index contributed by atoms with van der Waals surface area (Å²) in [5, 5.41) is 7.10. The monoisotopic (exact) mass is 212 g/mol. The molecule has 0 bridgehead atoms. The number of H-pyrrole nitrogens is 1. The fraction of sp³-hybridized carbons (Fsp3) is 0. The highest BCUT2D eigenvalue weighted by Crippen LogP contribution is 2.20. The van der Waals surface area contributed by atoms with Crippen LogP contribution in [0.1, 0.15) is 0 Å². The van der Waals surface area contributed by atoms with E-state index in [0.29, 0.717) is 16.7 Å². The lowest BCUT2D eigenvalue weighted by Gasteiger charge is -1.99. The van der Waals surface area contributed by atoms with E-state index in [1.54, 1.807) is 24.5 Å². The fourth-order valence-electron chi connectivity index (χ4n) is 1.63. The second kappa shape index (κ2) is 3.34. The number of nitrogens with one attached hydrogen (secondary N) is 1. The number of benzene rings is 1. The summed E-state index contributed by atoms with van der Waals surface area (Å²) in [6.07, 6.45) is 3.31. The number of nitrogens with zero attached hydrogens (tertiary/aromatic N) is 1. The van der Waals surface area contributed by atoms with Gasteiger partial charge in [-0.25, -0.2) is 0 Å². The van der Waals surface area contributed by atoms with Gasteiger partial charge in [-0.3, -0.25) is 9.89 Å². The van der Waals surface area contributed by atoms with Crippen LogP contribution >= 0.6 is 0 Å². The maximum atomic E-state index is 11.8. The molecule has 0 amide bonds. The van der Waals surface area contributed by atoms with E-state index in [4.69, 9.17) is 4.42 Å². The first-order chi connectivity index (χ1) is 7.84. The summed E-state index contributed by atoms with van der Waals surface area (Å²) in [6, 6.07) is 8.66. The lowest BCUT2D eigenvalue weighted by Crippen LogP contribution is -1.99. The maximum Gasteiger partial charge on any atom is 0.193 e. The molecule has 0 atom stereocenters. The summed E-state index contributed by atoms with van der Waals surface area (Å²) >= 11 is 0. The van der Waals surface area contributed by atoms with Crippen molar-refractivity contribution in [3.8, 4) is 11.3 Å². The van der Waals surface area contributed by atoms with E-state index in [-0.39, 0.29) is 5.43 Å². The zero-order chi connectivity index (χ0) is 11.0. The van der Waals surface area contributed by atoms with Gasteiger partial charge in [-0.05, 0) is 12.1 Å². The van der Waals surface area contributed by atoms with Crippen molar-refractivity contribution in [2.24, 2.45) is 0 Å². The number of fused-ring (bicyclic) bond motifs is 1. The van der Waals surface area contributed by atoms with Gasteiger partial charge in [-0.1, -0.05) is 12.1 Å². The lowest BCUT2D eigenvalue weighted by molar-refractivity contribution is 0.619. The predicted octanol–water partition coefficient (Wildman–Crippen LogP) is 2.18. The summed E-state index contributed by atoms with van der Waals surface area (Å²) in [5.41, 5.74) is 1.31. The van der Waals surface area contributed by atoms with E-state index in [2.05, 4.69) is 10.2 Å². The second-order valence-corrected chi connectivity index (χ2v) is 3.46. The van der Waals surface area contributed by atoms with Crippen molar-refractivity contribution >= 4 is 11.0 Å². The van der Waals surface area contributed by atoms with Crippen LogP contribution in [0.3, 0.4) is 0 Å². The van der Waals surface area contributed by atoms with Crippen molar-refractivity contribution < 1.29 is 4.42 Å². The van der Waals surface area contributed by atoms with E-state index >= 15 is 0 Å². The first-order valence-electron chi connectivity index (χ1n) is 4.86. The van der Waals surface area contributed by atoms with E-state index in [1.165, 1.54) is 6.07 Å². The van der Waals surface area contributed by atoms with Gasteiger partial charge in [0.1, 0.15) is 11.3 Å². The molecule has 4 nitrogen and oxygen atoms in total. The SMILES string of the molecule is O=c1cc(-c2cn[nH]c2)oc2ccccc12. The topological polar surface area (TPSA) is 58.9 Å². The van der Waals surface area contributed by atoms with Gasteiger partial charge in [0, 0.05) is 12.3 Å². The molecular weight excluding hydrogens is 204 g/mol. The summed E-state index contributed by atoms with van der Waals surface area (Å²) in [7, 11) is 0. The van der Waals surface area contributed by atoms with Gasteiger partial charge in [-0.2, -0.15) is 5.10 Å². The van der Waals surface area contributed by atoms with Crippen LogP contribution in [0.2, 0.25) is 0 Å². The Labute approximate surface area is 90.5 Å². The average Bonchev–Trinajstić information content (AvgIpc) is 2.82. The van der Waals surface area contributed by atoms with Crippen LogP contribution in [-0.4, -0.2) is 10.2 Å². The molecule has 16 heavy (non-hydrogen) atoms. The standard InChI is InChI=1S/C12H8N2O2/c15-10-5-12(8-6-13-14-7-8)16-11-4-2-1-3-9(10)11/h1-7H,(H,13,14). The van der Waals surface area contributed by atoms with Crippen molar-refractivity contribution in [2.45, 2.75) is 0 Å². The van der Waals surface area contributed by atoms with Gasteiger partial charge in [0.15, 0.2) is 5.43 Å². The molecule has 2 aromatic heterocycles. The van der Waals surface area contributed by atoms with Crippen LogP contribution < -0.4 is 5.43 Å². The molecule has 0 radical (unpaired) electrons. The van der Waals surface area contributed by atoms with Crippen LogP contribution in [0.4, 0.5) is 0 Å². The number of aromatic nitrogens is 2. The fourth-order valence-corrected chi connectivity index (χ4v) is 1.63. The zero-order valence-electron chi connectivity index (χ0n) is 8.31. The zero-order valence-corrected chi connectivity index (χ0v) is 8.31. The van der Waals surface area contributed by atoms with Crippen LogP contribution in [-0.2, 0) is 0 Å². The molecule has 0 saturated carbocycles. The molecule has 0 spiro atoms.